The number of benzene rings is 1. The smallest absolute Gasteiger partial charge is 0.101 e. The van der Waals surface area contributed by atoms with Gasteiger partial charge in [-0.3, -0.25) is 3.59 Å². The predicted molar refractivity (Wildman–Crippen MR) is 58.9 cm³/mol. The second-order valence-electron chi connectivity index (χ2n) is 2.90. The molecule has 0 saturated heterocycles. The minimum absolute atomic E-state index is 0.653. The molecule has 0 N–H and O–H groups in total. The second kappa shape index (κ2) is 3.69. The van der Waals surface area contributed by atoms with Gasteiger partial charge in [0.25, 0.3) is 0 Å². The van der Waals surface area contributed by atoms with E-state index < -0.39 is 0 Å². The summed E-state index contributed by atoms with van der Waals surface area (Å²) in [6.45, 7) is 0. The van der Waals surface area contributed by atoms with E-state index in [2.05, 4.69) is 22.2 Å². The molecule has 0 bridgehead atoms. The van der Waals surface area contributed by atoms with Crippen molar-refractivity contribution in [1.29, 1.82) is 5.26 Å². The van der Waals surface area contributed by atoms with Crippen molar-refractivity contribution < 1.29 is 0 Å². The van der Waals surface area contributed by atoms with Gasteiger partial charge in [0.15, 0.2) is 0 Å². The molecule has 0 amide bonds. The Morgan fingerprint density at radius 2 is 1.93 bits per heavy atom. The van der Waals surface area contributed by atoms with Crippen molar-refractivity contribution in [2.75, 3.05) is 0 Å². The van der Waals surface area contributed by atoms with E-state index in [1.165, 1.54) is 0 Å². The Morgan fingerprint density at radius 1 is 1.21 bits per heavy atom. The van der Waals surface area contributed by atoms with E-state index in [1.807, 2.05) is 36.4 Å². The summed E-state index contributed by atoms with van der Waals surface area (Å²) in [4.78, 5) is 0. The summed E-state index contributed by atoms with van der Waals surface area (Å²) in [5.74, 6) is 0. The number of hydrogen-bond acceptors (Lipinski definition) is 1. The summed E-state index contributed by atoms with van der Waals surface area (Å²) in [5.41, 5.74) is 2.73. The van der Waals surface area contributed by atoms with Gasteiger partial charge in [-0.1, -0.05) is 30.3 Å². The molecule has 0 spiro atoms. The van der Waals surface area contributed by atoms with E-state index in [9.17, 15) is 0 Å². The van der Waals surface area contributed by atoms with Gasteiger partial charge in [-0.15, -0.1) is 0 Å². The summed E-state index contributed by atoms with van der Waals surface area (Å²) in [6, 6.07) is 13.9. The Labute approximate surface area is 90.7 Å². The van der Waals surface area contributed by atoms with Crippen molar-refractivity contribution >= 4 is 16.1 Å². The predicted octanol–water partition coefficient (Wildman–Crippen LogP) is 3.18. The summed E-state index contributed by atoms with van der Waals surface area (Å²) in [7, 11) is 0. The molecule has 0 fully saturated rings. The first-order chi connectivity index (χ1) is 6.81. The lowest BCUT2D eigenvalue weighted by atomic mass is 10.1. The van der Waals surface area contributed by atoms with E-state index in [4.69, 9.17) is 5.26 Å². The van der Waals surface area contributed by atoms with Crippen molar-refractivity contribution in [3.8, 4) is 17.3 Å². The Hall–Kier alpha value is -1.53. The first-order valence-corrected chi connectivity index (χ1v) is 4.86. The molecule has 2 aromatic rings. The molecular formula is C11H7BrN2. The van der Waals surface area contributed by atoms with Crippen LogP contribution in [-0.2, 0) is 0 Å². The Kier molecular flexibility index (Phi) is 2.38. The molecule has 3 heteroatoms. The van der Waals surface area contributed by atoms with Crippen LogP contribution in [0.2, 0.25) is 0 Å². The highest BCUT2D eigenvalue weighted by atomic mass is 79.9. The molecule has 1 aromatic carbocycles. The zero-order valence-corrected chi connectivity index (χ0v) is 8.90. The van der Waals surface area contributed by atoms with Gasteiger partial charge in [0.2, 0.25) is 0 Å². The average molecular weight is 247 g/mol. The van der Waals surface area contributed by atoms with E-state index in [1.54, 1.807) is 9.79 Å². The highest BCUT2D eigenvalue weighted by Gasteiger charge is 2.04. The monoisotopic (exact) mass is 246 g/mol. The van der Waals surface area contributed by atoms with Gasteiger partial charge in [0.05, 0.1) is 27.4 Å². The molecule has 1 heterocycles. The van der Waals surface area contributed by atoms with Crippen molar-refractivity contribution in [3.63, 3.8) is 0 Å². The first kappa shape index (κ1) is 9.04. The minimum atomic E-state index is 0.653. The fourth-order valence-electron chi connectivity index (χ4n) is 1.31. The van der Waals surface area contributed by atoms with Crippen LogP contribution >= 0.6 is 16.1 Å². The van der Waals surface area contributed by atoms with Gasteiger partial charge in [-0.2, -0.15) is 5.26 Å². The molecule has 2 rings (SSSR count). The molecule has 0 atom stereocenters. The van der Waals surface area contributed by atoms with Gasteiger partial charge in [0.1, 0.15) is 6.07 Å². The van der Waals surface area contributed by atoms with Crippen LogP contribution in [0, 0.1) is 11.3 Å². The molecule has 1 aromatic heterocycles. The Bertz CT molecular complexity index is 480. The third-order valence-electron chi connectivity index (χ3n) is 1.97. The first-order valence-electron chi connectivity index (χ1n) is 4.15. The lowest BCUT2D eigenvalue weighted by Gasteiger charge is -1.99. The molecule has 0 saturated carbocycles. The Morgan fingerprint density at radius 3 is 2.50 bits per heavy atom. The van der Waals surface area contributed by atoms with Crippen molar-refractivity contribution in [2.45, 2.75) is 0 Å². The summed E-state index contributed by atoms with van der Waals surface area (Å²) in [6.07, 6.45) is 1.75. The zero-order chi connectivity index (χ0) is 9.97. The highest BCUT2D eigenvalue weighted by molar-refractivity contribution is 9.08. The maximum atomic E-state index is 8.74. The number of nitriles is 1. The highest BCUT2D eigenvalue weighted by Crippen LogP contribution is 2.23. The third-order valence-corrected chi connectivity index (χ3v) is 2.56. The van der Waals surface area contributed by atoms with Gasteiger partial charge in [-0.25, -0.2) is 0 Å². The number of nitrogens with zero attached hydrogens (tertiary/aromatic N) is 2. The number of rotatable bonds is 1. The fraction of sp³-hybridized carbons (Fsp3) is 0. The van der Waals surface area contributed by atoms with E-state index in [0.717, 1.165) is 11.3 Å². The van der Waals surface area contributed by atoms with Crippen LogP contribution in [0.15, 0.2) is 42.6 Å². The molecule has 0 unspecified atom stereocenters. The van der Waals surface area contributed by atoms with Crippen LogP contribution in [0.3, 0.4) is 0 Å². The quantitative estimate of drug-likeness (QED) is 0.760. The molecule has 68 valence electrons. The third kappa shape index (κ3) is 1.57. The minimum Gasteiger partial charge on any atom is -0.282 e. The molecule has 14 heavy (non-hydrogen) atoms. The van der Waals surface area contributed by atoms with Crippen LogP contribution in [0.25, 0.3) is 11.3 Å². The largest absolute Gasteiger partial charge is 0.282 e. The molecule has 0 aliphatic rings. The average Bonchev–Trinajstić information content (AvgIpc) is 2.61. The van der Waals surface area contributed by atoms with Gasteiger partial charge in [0, 0.05) is 6.20 Å². The fourth-order valence-corrected chi connectivity index (χ4v) is 1.84. The maximum Gasteiger partial charge on any atom is 0.101 e. The molecule has 0 radical (unpaired) electrons. The van der Waals surface area contributed by atoms with E-state index in [0.29, 0.717) is 5.56 Å². The van der Waals surface area contributed by atoms with Crippen LogP contribution in [0.4, 0.5) is 0 Å². The molecule has 2 nitrogen and oxygen atoms in total. The summed E-state index contributed by atoms with van der Waals surface area (Å²) in [5, 5.41) is 8.74. The number of hydrogen-bond donors (Lipinski definition) is 0. The molecular weight excluding hydrogens is 240 g/mol. The van der Waals surface area contributed by atoms with Crippen LogP contribution < -0.4 is 0 Å². The van der Waals surface area contributed by atoms with E-state index >= 15 is 0 Å². The van der Waals surface area contributed by atoms with Gasteiger partial charge < -0.3 is 0 Å². The van der Waals surface area contributed by atoms with E-state index in [-0.39, 0.29) is 0 Å². The van der Waals surface area contributed by atoms with Gasteiger partial charge >= 0.3 is 0 Å². The number of aromatic nitrogens is 1. The summed E-state index contributed by atoms with van der Waals surface area (Å²) < 4.78 is 1.78. The Balaban J connectivity index is 2.53. The zero-order valence-electron chi connectivity index (χ0n) is 7.31. The lowest BCUT2D eigenvalue weighted by molar-refractivity contribution is 1.32. The topological polar surface area (TPSA) is 28.7 Å². The SMILES string of the molecule is N#Cc1cc(-c2ccccc2)n(Br)c1. The normalized spacial score (nSPS) is 9.71. The maximum absolute atomic E-state index is 8.74. The van der Waals surface area contributed by atoms with Crippen molar-refractivity contribution in [3.05, 3.63) is 48.2 Å². The van der Waals surface area contributed by atoms with Gasteiger partial charge in [-0.05, 0) is 11.6 Å². The van der Waals surface area contributed by atoms with Crippen LogP contribution in [0.1, 0.15) is 5.56 Å². The van der Waals surface area contributed by atoms with Crippen molar-refractivity contribution in [1.82, 2.24) is 3.59 Å². The number of halogens is 1. The summed E-state index contributed by atoms with van der Waals surface area (Å²) >= 11 is 3.36. The molecule has 0 aliphatic heterocycles. The lowest BCUT2D eigenvalue weighted by Crippen LogP contribution is -1.80. The van der Waals surface area contributed by atoms with Crippen LogP contribution in [0.5, 0.6) is 0 Å². The van der Waals surface area contributed by atoms with Crippen molar-refractivity contribution in [2.24, 2.45) is 0 Å². The molecule has 0 aliphatic carbocycles. The second-order valence-corrected chi connectivity index (χ2v) is 3.67. The van der Waals surface area contributed by atoms with Crippen LogP contribution in [-0.4, -0.2) is 3.59 Å². The standard InChI is InChI=1S/C11H7BrN2/c12-14-8-9(7-13)6-11(14)10-4-2-1-3-5-10/h1-6,8H.